The molecule has 0 bridgehead atoms. The Hall–Kier alpha value is -1.11. The fraction of sp³-hybridized carbons (Fsp3) is 0.455. The van der Waals surface area contributed by atoms with E-state index >= 15 is 0 Å². The lowest BCUT2D eigenvalue weighted by atomic mass is 9.98. The summed E-state index contributed by atoms with van der Waals surface area (Å²) in [4.78, 5) is -0.222. The van der Waals surface area contributed by atoms with Gasteiger partial charge >= 0.3 is 0 Å². The summed E-state index contributed by atoms with van der Waals surface area (Å²) in [6.45, 7) is 1.93. The van der Waals surface area contributed by atoms with Gasteiger partial charge in [0.15, 0.2) is 0 Å². The molecule has 0 saturated carbocycles. The Morgan fingerprint density at radius 1 is 1.47 bits per heavy atom. The lowest BCUT2D eigenvalue weighted by molar-refractivity contribution is 0.0639. The summed E-state index contributed by atoms with van der Waals surface area (Å²) >= 11 is 0. The van der Waals surface area contributed by atoms with Gasteiger partial charge in [-0.2, -0.15) is 8.42 Å². The van der Waals surface area contributed by atoms with Crippen LogP contribution in [-0.4, -0.2) is 24.2 Å². The van der Waals surface area contributed by atoms with Gasteiger partial charge in [-0.15, -0.1) is 0 Å². The Balaban J connectivity index is 2.45. The third-order valence-electron chi connectivity index (χ3n) is 2.88. The second kappa shape index (κ2) is 4.29. The number of benzene rings is 1. The summed E-state index contributed by atoms with van der Waals surface area (Å²) in [6.07, 6.45) is 0.440. The van der Waals surface area contributed by atoms with E-state index in [0.717, 1.165) is 6.42 Å². The molecule has 0 fully saturated rings. The van der Waals surface area contributed by atoms with Crippen molar-refractivity contribution in [1.29, 1.82) is 0 Å². The minimum atomic E-state index is -4.24. The van der Waals surface area contributed by atoms with Crippen molar-refractivity contribution < 1.29 is 22.8 Å². The average Bonchev–Trinajstić information content (AvgIpc) is 2.27. The van der Waals surface area contributed by atoms with E-state index in [0.29, 0.717) is 17.7 Å². The Bertz CT molecular complexity index is 523. The maximum Gasteiger partial charge on any atom is 0.294 e. The van der Waals surface area contributed by atoms with Crippen LogP contribution in [0.1, 0.15) is 31.4 Å². The Morgan fingerprint density at radius 2 is 2.18 bits per heavy atom. The van der Waals surface area contributed by atoms with Gasteiger partial charge in [0.1, 0.15) is 11.9 Å². The maximum absolute atomic E-state index is 11.0. The molecule has 94 valence electrons. The van der Waals surface area contributed by atoms with Crippen molar-refractivity contribution in [3.8, 4) is 5.75 Å². The predicted molar refractivity (Wildman–Crippen MR) is 60.5 cm³/mol. The summed E-state index contributed by atoms with van der Waals surface area (Å²) in [5.74, 6) is 0.325. The van der Waals surface area contributed by atoms with Crippen molar-refractivity contribution in [3.05, 3.63) is 23.8 Å². The number of rotatable bonds is 2. The molecule has 1 heterocycles. The molecular weight excluding hydrogens is 244 g/mol. The van der Waals surface area contributed by atoms with E-state index in [1.807, 2.05) is 6.92 Å². The van der Waals surface area contributed by atoms with Gasteiger partial charge in [0.05, 0.1) is 11.0 Å². The summed E-state index contributed by atoms with van der Waals surface area (Å²) in [5.41, 5.74) is 0.558. The number of hydrogen-bond donors (Lipinski definition) is 2. The van der Waals surface area contributed by atoms with Crippen LogP contribution in [-0.2, 0) is 10.1 Å². The smallest absolute Gasteiger partial charge is 0.294 e. The largest absolute Gasteiger partial charge is 0.490 e. The minimum absolute atomic E-state index is 0.130. The molecule has 1 aromatic carbocycles. The van der Waals surface area contributed by atoms with E-state index < -0.39 is 16.2 Å². The van der Waals surface area contributed by atoms with Crippen molar-refractivity contribution >= 4 is 10.1 Å². The number of aliphatic hydroxyl groups is 1. The van der Waals surface area contributed by atoms with E-state index in [1.54, 1.807) is 0 Å². The molecule has 0 saturated heterocycles. The van der Waals surface area contributed by atoms with Gasteiger partial charge in [0, 0.05) is 18.1 Å². The fourth-order valence-electron chi connectivity index (χ4n) is 1.91. The molecule has 17 heavy (non-hydrogen) atoms. The SMILES string of the molecule is CCC1CC(O)c2ccc(S(=O)(=O)O)cc2O1. The molecule has 2 rings (SSSR count). The van der Waals surface area contributed by atoms with Crippen LogP contribution in [0, 0.1) is 0 Å². The van der Waals surface area contributed by atoms with E-state index in [2.05, 4.69) is 0 Å². The second-order valence-electron chi connectivity index (χ2n) is 4.07. The predicted octanol–water partition coefficient (Wildman–Crippen LogP) is 1.53. The molecular formula is C11H14O5S. The van der Waals surface area contributed by atoms with Crippen molar-refractivity contribution in [2.24, 2.45) is 0 Å². The maximum atomic E-state index is 11.0. The highest BCUT2D eigenvalue weighted by Crippen LogP contribution is 2.36. The van der Waals surface area contributed by atoms with Crippen LogP contribution in [0.25, 0.3) is 0 Å². The molecule has 2 N–H and O–H groups in total. The van der Waals surface area contributed by atoms with E-state index in [-0.39, 0.29) is 11.0 Å². The van der Waals surface area contributed by atoms with Crippen LogP contribution in [0.4, 0.5) is 0 Å². The Labute approximate surface area is 99.8 Å². The zero-order valence-corrected chi connectivity index (χ0v) is 10.1. The zero-order chi connectivity index (χ0) is 12.6. The first-order valence-corrected chi connectivity index (χ1v) is 6.82. The first kappa shape index (κ1) is 12.3. The van der Waals surface area contributed by atoms with Gasteiger partial charge in [-0.05, 0) is 12.5 Å². The standard InChI is InChI=1S/C11H14O5S/c1-2-7-5-10(12)9-4-3-8(17(13,14)15)6-11(9)16-7/h3-4,6-7,10,12H,2,5H2,1H3,(H,13,14,15). The topological polar surface area (TPSA) is 83.8 Å². The third-order valence-corrected chi connectivity index (χ3v) is 3.73. The van der Waals surface area contributed by atoms with Gasteiger partial charge in [0.25, 0.3) is 10.1 Å². The lowest BCUT2D eigenvalue weighted by Gasteiger charge is -2.29. The van der Waals surface area contributed by atoms with Crippen molar-refractivity contribution in [1.82, 2.24) is 0 Å². The molecule has 2 unspecified atom stereocenters. The molecule has 1 aliphatic rings. The summed E-state index contributed by atoms with van der Waals surface area (Å²) in [5, 5.41) is 9.86. The van der Waals surface area contributed by atoms with Gasteiger partial charge in [-0.1, -0.05) is 13.0 Å². The van der Waals surface area contributed by atoms with Crippen LogP contribution >= 0.6 is 0 Å². The summed E-state index contributed by atoms with van der Waals surface area (Å²) < 4.78 is 36.5. The van der Waals surface area contributed by atoms with Crippen LogP contribution in [0.5, 0.6) is 5.75 Å². The number of fused-ring (bicyclic) bond motifs is 1. The molecule has 1 aromatic rings. The molecule has 0 radical (unpaired) electrons. The molecule has 0 aromatic heterocycles. The Kier molecular flexibility index (Phi) is 3.11. The number of hydrogen-bond acceptors (Lipinski definition) is 4. The van der Waals surface area contributed by atoms with E-state index in [4.69, 9.17) is 9.29 Å². The molecule has 0 aliphatic carbocycles. The van der Waals surface area contributed by atoms with Gasteiger partial charge < -0.3 is 9.84 Å². The second-order valence-corrected chi connectivity index (χ2v) is 5.50. The van der Waals surface area contributed by atoms with Crippen LogP contribution in [0.15, 0.2) is 23.1 Å². The molecule has 1 aliphatic heterocycles. The van der Waals surface area contributed by atoms with E-state index in [1.165, 1.54) is 18.2 Å². The van der Waals surface area contributed by atoms with Crippen LogP contribution < -0.4 is 4.74 Å². The van der Waals surface area contributed by atoms with E-state index in [9.17, 15) is 13.5 Å². The average molecular weight is 258 g/mol. The monoisotopic (exact) mass is 258 g/mol. The van der Waals surface area contributed by atoms with Crippen molar-refractivity contribution in [2.75, 3.05) is 0 Å². The minimum Gasteiger partial charge on any atom is -0.490 e. The Morgan fingerprint density at radius 3 is 2.76 bits per heavy atom. The highest BCUT2D eigenvalue weighted by Gasteiger charge is 2.27. The highest BCUT2D eigenvalue weighted by molar-refractivity contribution is 7.85. The van der Waals surface area contributed by atoms with Gasteiger partial charge in [0.2, 0.25) is 0 Å². The molecule has 5 nitrogen and oxygen atoms in total. The number of ether oxygens (including phenoxy) is 1. The lowest BCUT2D eigenvalue weighted by Crippen LogP contribution is -2.25. The number of aliphatic hydroxyl groups excluding tert-OH is 1. The van der Waals surface area contributed by atoms with Crippen molar-refractivity contribution in [2.45, 2.75) is 36.9 Å². The highest BCUT2D eigenvalue weighted by atomic mass is 32.2. The van der Waals surface area contributed by atoms with Crippen LogP contribution in [0.3, 0.4) is 0 Å². The molecule has 2 atom stereocenters. The normalized spacial score (nSPS) is 23.9. The summed E-state index contributed by atoms with van der Waals surface area (Å²) in [6, 6.07) is 3.97. The molecule has 0 spiro atoms. The van der Waals surface area contributed by atoms with Gasteiger partial charge in [-0.3, -0.25) is 4.55 Å². The summed E-state index contributed by atoms with van der Waals surface area (Å²) in [7, 11) is -4.24. The van der Waals surface area contributed by atoms with Crippen molar-refractivity contribution in [3.63, 3.8) is 0 Å². The third kappa shape index (κ3) is 2.43. The van der Waals surface area contributed by atoms with Crippen LogP contribution in [0.2, 0.25) is 0 Å². The first-order valence-electron chi connectivity index (χ1n) is 5.38. The molecule has 0 amide bonds. The zero-order valence-electron chi connectivity index (χ0n) is 9.33. The quantitative estimate of drug-likeness (QED) is 0.786. The first-order chi connectivity index (χ1) is 7.91. The van der Waals surface area contributed by atoms with Gasteiger partial charge in [-0.25, -0.2) is 0 Å². The molecule has 6 heteroatoms. The fourth-order valence-corrected chi connectivity index (χ4v) is 2.40.